The van der Waals surface area contributed by atoms with E-state index in [0.717, 1.165) is 28.9 Å². The lowest BCUT2D eigenvalue weighted by molar-refractivity contribution is 0.180. The van der Waals surface area contributed by atoms with Gasteiger partial charge < -0.3 is 14.8 Å². The second-order valence-corrected chi connectivity index (χ2v) is 7.10. The van der Waals surface area contributed by atoms with Crippen molar-refractivity contribution < 1.29 is 4.79 Å². The lowest BCUT2D eigenvalue weighted by Crippen LogP contribution is -2.42. The fourth-order valence-corrected chi connectivity index (χ4v) is 3.77. The second kappa shape index (κ2) is 7.31. The molecule has 3 aromatic rings. The Morgan fingerprint density at radius 3 is 2.63 bits per heavy atom. The van der Waals surface area contributed by atoms with Gasteiger partial charge in [-0.15, -0.1) is 0 Å². The van der Waals surface area contributed by atoms with Crippen molar-refractivity contribution in [3.05, 3.63) is 89.2 Å². The fraction of sp³-hybridized carbons (Fsp3) is 0.261. The molecule has 1 atom stereocenters. The zero-order valence-corrected chi connectivity index (χ0v) is 15.9. The first-order chi connectivity index (χ1) is 13.2. The summed E-state index contributed by atoms with van der Waals surface area (Å²) in [6.07, 6.45) is 3.00. The number of para-hydroxylation sites is 1. The van der Waals surface area contributed by atoms with Crippen LogP contribution in [0.5, 0.6) is 0 Å². The largest absolute Gasteiger partial charge is 0.338 e. The van der Waals surface area contributed by atoms with Crippen molar-refractivity contribution in [2.75, 3.05) is 6.54 Å². The van der Waals surface area contributed by atoms with Gasteiger partial charge in [0, 0.05) is 18.4 Å². The van der Waals surface area contributed by atoms with Crippen molar-refractivity contribution in [3.63, 3.8) is 0 Å². The Balaban J connectivity index is 1.87. The molecule has 1 unspecified atom stereocenters. The standard InChI is InChI=1S/C23H25N3O/c1-3-14-24-23(27)26-16-19-7-4-5-8-20(19)25-15-6-9-21(25)22(26)18-12-10-17(2)11-13-18/h4-13,15,22H,3,14,16H2,1-2H3,(H,24,27). The molecule has 4 nitrogen and oxygen atoms in total. The van der Waals surface area contributed by atoms with Crippen molar-refractivity contribution >= 4 is 6.03 Å². The molecule has 138 valence electrons. The van der Waals surface area contributed by atoms with E-state index in [0.29, 0.717) is 13.1 Å². The van der Waals surface area contributed by atoms with E-state index in [1.165, 1.54) is 5.56 Å². The number of urea groups is 1. The molecule has 1 N–H and O–H groups in total. The Morgan fingerprint density at radius 2 is 1.85 bits per heavy atom. The highest BCUT2D eigenvalue weighted by Gasteiger charge is 2.32. The number of benzene rings is 2. The van der Waals surface area contributed by atoms with Gasteiger partial charge in [-0.2, -0.15) is 0 Å². The highest BCUT2D eigenvalue weighted by atomic mass is 16.2. The SMILES string of the molecule is CCCNC(=O)N1Cc2ccccc2-n2cccc2C1c1ccc(C)cc1. The molecular formula is C23H25N3O. The number of hydrogen-bond acceptors (Lipinski definition) is 1. The predicted octanol–water partition coefficient (Wildman–Crippen LogP) is 4.81. The number of rotatable bonds is 3. The van der Waals surface area contributed by atoms with Crippen molar-refractivity contribution in [2.45, 2.75) is 32.9 Å². The van der Waals surface area contributed by atoms with Crippen LogP contribution in [0.1, 0.15) is 41.8 Å². The molecule has 0 saturated carbocycles. The zero-order valence-electron chi connectivity index (χ0n) is 15.9. The van der Waals surface area contributed by atoms with Crippen molar-refractivity contribution in [2.24, 2.45) is 0 Å². The normalized spacial score (nSPS) is 15.6. The number of fused-ring (bicyclic) bond motifs is 3. The number of carbonyl (C=O) groups is 1. The number of aromatic nitrogens is 1. The van der Waals surface area contributed by atoms with Crippen molar-refractivity contribution in [1.29, 1.82) is 0 Å². The summed E-state index contributed by atoms with van der Waals surface area (Å²) in [5, 5.41) is 3.07. The van der Waals surface area contributed by atoms with Gasteiger partial charge in [-0.05, 0) is 42.7 Å². The topological polar surface area (TPSA) is 37.3 Å². The summed E-state index contributed by atoms with van der Waals surface area (Å²) in [6, 6.07) is 20.8. The van der Waals surface area contributed by atoms with Crippen LogP contribution >= 0.6 is 0 Å². The fourth-order valence-electron chi connectivity index (χ4n) is 3.77. The third kappa shape index (κ3) is 3.23. The first kappa shape index (κ1) is 17.4. The van der Waals surface area contributed by atoms with Crippen molar-refractivity contribution in [1.82, 2.24) is 14.8 Å². The summed E-state index contributed by atoms with van der Waals surface area (Å²) in [6.45, 7) is 5.41. The van der Waals surface area contributed by atoms with Crippen LogP contribution in [0, 0.1) is 6.92 Å². The van der Waals surface area contributed by atoms with Gasteiger partial charge in [0.2, 0.25) is 0 Å². The number of hydrogen-bond donors (Lipinski definition) is 1. The summed E-state index contributed by atoms with van der Waals surface area (Å²) in [5.74, 6) is 0. The Labute approximate surface area is 160 Å². The van der Waals surface area contributed by atoms with Crippen LogP contribution in [0.3, 0.4) is 0 Å². The third-order valence-electron chi connectivity index (χ3n) is 5.14. The van der Waals surface area contributed by atoms with Gasteiger partial charge in [-0.3, -0.25) is 0 Å². The van der Waals surface area contributed by atoms with Crippen LogP contribution in [-0.4, -0.2) is 22.0 Å². The van der Waals surface area contributed by atoms with E-state index in [1.54, 1.807) is 0 Å². The second-order valence-electron chi connectivity index (χ2n) is 7.10. The van der Waals surface area contributed by atoms with Gasteiger partial charge in [-0.25, -0.2) is 4.79 Å². The minimum atomic E-state index is -0.134. The first-order valence-corrected chi connectivity index (χ1v) is 9.55. The Bertz CT molecular complexity index is 942. The molecular weight excluding hydrogens is 334 g/mol. The van der Waals surface area contributed by atoms with E-state index in [9.17, 15) is 4.79 Å². The van der Waals surface area contributed by atoms with E-state index in [4.69, 9.17) is 0 Å². The summed E-state index contributed by atoms with van der Waals surface area (Å²) >= 11 is 0. The van der Waals surface area contributed by atoms with Gasteiger partial charge in [0.15, 0.2) is 0 Å². The van der Waals surface area contributed by atoms with E-state index in [1.807, 2.05) is 11.0 Å². The molecule has 4 heteroatoms. The van der Waals surface area contributed by atoms with E-state index in [-0.39, 0.29) is 12.1 Å². The average Bonchev–Trinajstić information content (AvgIpc) is 3.11. The first-order valence-electron chi connectivity index (χ1n) is 9.55. The molecule has 0 saturated heterocycles. The summed E-state index contributed by atoms with van der Waals surface area (Å²) in [7, 11) is 0. The minimum absolute atomic E-state index is 0.0214. The molecule has 4 rings (SSSR count). The monoisotopic (exact) mass is 359 g/mol. The zero-order chi connectivity index (χ0) is 18.8. The van der Waals surface area contributed by atoms with Crippen LogP contribution in [0.2, 0.25) is 0 Å². The maximum Gasteiger partial charge on any atom is 0.318 e. The van der Waals surface area contributed by atoms with Gasteiger partial charge in [-0.1, -0.05) is 55.0 Å². The lowest BCUT2D eigenvalue weighted by Gasteiger charge is -2.31. The van der Waals surface area contributed by atoms with E-state index >= 15 is 0 Å². The van der Waals surface area contributed by atoms with Gasteiger partial charge in [0.05, 0.1) is 18.3 Å². The summed E-state index contributed by atoms with van der Waals surface area (Å²) in [4.78, 5) is 15.1. The molecule has 0 bridgehead atoms. The molecule has 27 heavy (non-hydrogen) atoms. The van der Waals surface area contributed by atoms with Crippen LogP contribution in [0.4, 0.5) is 4.79 Å². The molecule has 1 aliphatic rings. The molecule has 0 fully saturated rings. The summed E-state index contributed by atoms with van der Waals surface area (Å²) < 4.78 is 2.22. The minimum Gasteiger partial charge on any atom is -0.338 e. The van der Waals surface area contributed by atoms with Gasteiger partial charge >= 0.3 is 6.03 Å². The predicted molar refractivity (Wildman–Crippen MR) is 108 cm³/mol. The summed E-state index contributed by atoms with van der Waals surface area (Å²) in [5.41, 5.74) is 5.74. The Morgan fingerprint density at radius 1 is 1.07 bits per heavy atom. The molecule has 0 aliphatic carbocycles. The quantitative estimate of drug-likeness (QED) is 0.716. The van der Waals surface area contributed by atoms with E-state index < -0.39 is 0 Å². The number of nitrogens with zero attached hydrogens (tertiary/aromatic N) is 2. The van der Waals surface area contributed by atoms with E-state index in [2.05, 4.69) is 84.5 Å². The highest BCUT2D eigenvalue weighted by Crippen LogP contribution is 2.36. The highest BCUT2D eigenvalue weighted by molar-refractivity contribution is 5.76. The lowest BCUT2D eigenvalue weighted by atomic mass is 10.0. The number of nitrogens with one attached hydrogen (secondary N) is 1. The van der Waals surface area contributed by atoms with Crippen LogP contribution in [0.25, 0.3) is 5.69 Å². The molecule has 1 aromatic heterocycles. The van der Waals surface area contributed by atoms with Gasteiger partial charge in [0.1, 0.15) is 0 Å². The number of amides is 2. The molecule has 1 aliphatic heterocycles. The van der Waals surface area contributed by atoms with Crippen molar-refractivity contribution in [3.8, 4) is 5.69 Å². The molecule has 2 aromatic carbocycles. The average molecular weight is 359 g/mol. The third-order valence-corrected chi connectivity index (χ3v) is 5.14. The maximum atomic E-state index is 13.1. The maximum absolute atomic E-state index is 13.1. The number of carbonyl (C=O) groups excluding carboxylic acids is 1. The molecule has 2 amide bonds. The smallest absolute Gasteiger partial charge is 0.318 e. The Kier molecular flexibility index (Phi) is 4.71. The van der Waals surface area contributed by atoms with Crippen LogP contribution in [-0.2, 0) is 6.54 Å². The Hall–Kier alpha value is -3.01. The van der Waals surface area contributed by atoms with Gasteiger partial charge in [0.25, 0.3) is 0 Å². The van der Waals surface area contributed by atoms with Crippen LogP contribution in [0.15, 0.2) is 66.9 Å². The molecule has 0 radical (unpaired) electrons. The molecule has 2 heterocycles. The molecule has 0 spiro atoms. The van der Waals surface area contributed by atoms with Crippen LogP contribution < -0.4 is 5.32 Å². The number of aryl methyl sites for hydroxylation is 1.